The first-order valence-electron chi connectivity index (χ1n) is 11.4. The number of aryl methyl sites for hydroxylation is 1. The molecule has 2 aromatic carbocycles. The fourth-order valence-electron chi connectivity index (χ4n) is 5.05. The van der Waals surface area contributed by atoms with Crippen molar-refractivity contribution in [2.45, 2.75) is 19.5 Å². The molecule has 172 valence electrons. The molecular formula is C26H28Cl2N4O. The minimum Gasteiger partial charge on any atom is -0.368 e. The molecule has 0 radical (unpaired) electrons. The highest BCUT2D eigenvalue weighted by molar-refractivity contribution is 6.42. The van der Waals surface area contributed by atoms with Gasteiger partial charge in [-0.25, -0.2) is 0 Å². The number of piperazine rings is 1. The lowest BCUT2D eigenvalue weighted by atomic mass is 10.00. The molecule has 33 heavy (non-hydrogen) atoms. The Labute approximate surface area is 205 Å². The van der Waals surface area contributed by atoms with Crippen molar-refractivity contribution in [3.63, 3.8) is 0 Å². The molecule has 1 atom stereocenters. The van der Waals surface area contributed by atoms with Gasteiger partial charge in [0.1, 0.15) is 0 Å². The van der Waals surface area contributed by atoms with Crippen molar-refractivity contribution in [1.29, 1.82) is 0 Å². The van der Waals surface area contributed by atoms with Crippen LogP contribution in [0.15, 0.2) is 60.8 Å². The zero-order valence-electron chi connectivity index (χ0n) is 18.8. The molecule has 1 unspecified atom stereocenters. The van der Waals surface area contributed by atoms with Crippen LogP contribution in [0, 0.1) is 6.92 Å². The Kier molecular flexibility index (Phi) is 6.37. The van der Waals surface area contributed by atoms with Gasteiger partial charge in [-0.15, -0.1) is 0 Å². The molecule has 0 spiro atoms. The standard InChI is InChI=1S/C26H28Cl2N4O/c1-19-5-2-3-6-23(19)30-11-14-31(15-12-30)25(33)18-32-16-13-29-10-4-7-24(29)26(32)20-8-9-21(27)22(28)17-20/h2-10,17,26H,11-16,18H2,1H3. The number of hydrogen-bond donors (Lipinski definition) is 0. The number of aromatic nitrogens is 1. The summed E-state index contributed by atoms with van der Waals surface area (Å²) in [6.45, 7) is 7.41. The minimum atomic E-state index is -0.0271. The Morgan fingerprint density at radius 2 is 1.70 bits per heavy atom. The number of rotatable bonds is 4. The van der Waals surface area contributed by atoms with Crippen LogP contribution in [-0.4, -0.2) is 59.5 Å². The summed E-state index contributed by atoms with van der Waals surface area (Å²) in [5.74, 6) is 0.185. The first-order valence-corrected chi connectivity index (χ1v) is 12.2. The molecular weight excluding hydrogens is 455 g/mol. The molecule has 5 nitrogen and oxygen atoms in total. The summed E-state index contributed by atoms with van der Waals surface area (Å²) in [4.78, 5) is 20.0. The highest BCUT2D eigenvalue weighted by Crippen LogP contribution is 2.35. The molecule has 0 aliphatic carbocycles. The number of benzene rings is 2. The lowest BCUT2D eigenvalue weighted by molar-refractivity contribution is -0.133. The predicted octanol–water partition coefficient (Wildman–Crippen LogP) is 4.86. The lowest BCUT2D eigenvalue weighted by Gasteiger charge is -2.40. The van der Waals surface area contributed by atoms with E-state index in [9.17, 15) is 4.79 Å². The molecule has 3 aromatic rings. The van der Waals surface area contributed by atoms with E-state index in [0.29, 0.717) is 16.6 Å². The summed E-state index contributed by atoms with van der Waals surface area (Å²) in [6, 6.07) is 18.4. The summed E-state index contributed by atoms with van der Waals surface area (Å²) < 4.78 is 2.26. The fourth-order valence-corrected chi connectivity index (χ4v) is 5.36. The van der Waals surface area contributed by atoms with E-state index in [4.69, 9.17) is 23.2 Å². The van der Waals surface area contributed by atoms with Gasteiger partial charge in [-0.1, -0.05) is 47.5 Å². The molecule has 3 heterocycles. The molecule has 0 N–H and O–H groups in total. The number of anilines is 1. The third kappa shape index (κ3) is 4.50. The van der Waals surface area contributed by atoms with E-state index in [-0.39, 0.29) is 11.9 Å². The molecule has 0 bridgehead atoms. The summed E-state index contributed by atoms with van der Waals surface area (Å²) in [5, 5.41) is 1.08. The molecule has 0 saturated carbocycles. The van der Waals surface area contributed by atoms with Crippen LogP contribution in [0.3, 0.4) is 0 Å². The quantitative estimate of drug-likeness (QED) is 0.532. The maximum Gasteiger partial charge on any atom is 0.236 e. The summed E-state index contributed by atoms with van der Waals surface area (Å²) >= 11 is 12.5. The molecule has 1 fully saturated rings. The van der Waals surface area contributed by atoms with Crippen molar-refractivity contribution in [3.05, 3.63) is 87.7 Å². The molecule has 2 aliphatic heterocycles. The second-order valence-corrected chi connectivity index (χ2v) is 9.64. The normalized spacial score (nSPS) is 18.9. The topological polar surface area (TPSA) is 31.7 Å². The molecule has 5 rings (SSSR count). The molecule has 1 aromatic heterocycles. The number of fused-ring (bicyclic) bond motifs is 1. The molecule has 1 amide bonds. The average molecular weight is 483 g/mol. The van der Waals surface area contributed by atoms with Crippen molar-refractivity contribution in [3.8, 4) is 0 Å². The van der Waals surface area contributed by atoms with E-state index in [1.54, 1.807) is 0 Å². The van der Waals surface area contributed by atoms with Crippen molar-refractivity contribution in [1.82, 2.24) is 14.4 Å². The van der Waals surface area contributed by atoms with Crippen molar-refractivity contribution >= 4 is 34.8 Å². The Balaban J connectivity index is 1.30. The molecule has 1 saturated heterocycles. The second-order valence-electron chi connectivity index (χ2n) is 8.83. The third-order valence-electron chi connectivity index (χ3n) is 6.82. The van der Waals surface area contributed by atoms with Crippen LogP contribution in [0.4, 0.5) is 5.69 Å². The van der Waals surface area contributed by atoms with Gasteiger partial charge < -0.3 is 14.4 Å². The van der Waals surface area contributed by atoms with Gasteiger partial charge in [0.2, 0.25) is 5.91 Å². The first kappa shape index (κ1) is 22.3. The Hall–Kier alpha value is -2.47. The SMILES string of the molecule is Cc1ccccc1N1CCN(C(=O)CN2CCn3cccc3C2c2ccc(Cl)c(Cl)c2)CC1. The zero-order valence-corrected chi connectivity index (χ0v) is 20.3. The highest BCUT2D eigenvalue weighted by Gasteiger charge is 2.32. The van der Waals surface area contributed by atoms with E-state index >= 15 is 0 Å². The molecule has 7 heteroatoms. The van der Waals surface area contributed by atoms with Crippen LogP contribution >= 0.6 is 23.2 Å². The molecule has 2 aliphatic rings. The Bertz CT molecular complexity index is 1150. The maximum atomic E-state index is 13.3. The van der Waals surface area contributed by atoms with Crippen LogP contribution in [-0.2, 0) is 11.3 Å². The number of carbonyl (C=O) groups excluding carboxylic acids is 1. The zero-order chi connectivity index (χ0) is 22.9. The van der Waals surface area contributed by atoms with Crippen LogP contribution in [0.1, 0.15) is 22.9 Å². The van der Waals surface area contributed by atoms with Gasteiger partial charge in [0, 0.05) is 56.8 Å². The minimum absolute atomic E-state index is 0.0271. The third-order valence-corrected chi connectivity index (χ3v) is 7.56. The van der Waals surface area contributed by atoms with Gasteiger partial charge in [0.25, 0.3) is 0 Å². The van der Waals surface area contributed by atoms with Gasteiger partial charge in [0.05, 0.1) is 22.6 Å². The van der Waals surface area contributed by atoms with Crippen molar-refractivity contribution in [2.75, 3.05) is 44.2 Å². The number of hydrogen-bond acceptors (Lipinski definition) is 3. The van der Waals surface area contributed by atoms with Gasteiger partial charge >= 0.3 is 0 Å². The van der Waals surface area contributed by atoms with E-state index in [1.165, 1.54) is 16.9 Å². The predicted molar refractivity (Wildman–Crippen MR) is 134 cm³/mol. The van der Waals surface area contributed by atoms with E-state index < -0.39 is 0 Å². The Morgan fingerprint density at radius 1 is 0.909 bits per heavy atom. The second kappa shape index (κ2) is 9.41. The number of para-hydroxylation sites is 1. The smallest absolute Gasteiger partial charge is 0.236 e. The summed E-state index contributed by atoms with van der Waals surface area (Å²) in [6.07, 6.45) is 2.10. The van der Waals surface area contributed by atoms with Crippen LogP contribution < -0.4 is 4.90 Å². The number of amides is 1. The highest BCUT2D eigenvalue weighted by atomic mass is 35.5. The number of carbonyl (C=O) groups is 1. The van der Waals surface area contributed by atoms with E-state index in [1.807, 2.05) is 23.1 Å². The maximum absolute atomic E-state index is 13.3. The number of nitrogens with zero attached hydrogens (tertiary/aromatic N) is 4. The van der Waals surface area contributed by atoms with E-state index in [0.717, 1.165) is 44.8 Å². The van der Waals surface area contributed by atoms with Crippen LogP contribution in [0.2, 0.25) is 10.0 Å². The van der Waals surface area contributed by atoms with Crippen LogP contribution in [0.25, 0.3) is 0 Å². The fraction of sp³-hybridized carbons (Fsp3) is 0.346. The van der Waals surface area contributed by atoms with Crippen LogP contribution in [0.5, 0.6) is 0 Å². The first-order chi connectivity index (χ1) is 16.0. The van der Waals surface area contributed by atoms with Gasteiger partial charge in [0.15, 0.2) is 0 Å². The van der Waals surface area contributed by atoms with Crippen molar-refractivity contribution < 1.29 is 4.79 Å². The van der Waals surface area contributed by atoms with Gasteiger partial charge in [-0.3, -0.25) is 9.69 Å². The summed E-state index contributed by atoms with van der Waals surface area (Å²) in [7, 11) is 0. The van der Waals surface area contributed by atoms with Crippen molar-refractivity contribution in [2.24, 2.45) is 0 Å². The van der Waals surface area contributed by atoms with E-state index in [2.05, 4.69) is 63.9 Å². The Morgan fingerprint density at radius 3 is 2.45 bits per heavy atom. The van der Waals surface area contributed by atoms with Gasteiger partial charge in [-0.2, -0.15) is 0 Å². The van der Waals surface area contributed by atoms with Gasteiger partial charge in [-0.05, 0) is 48.4 Å². The average Bonchev–Trinajstić information content (AvgIpc) is 3.30. The largest absolute Gasteiger partial charge is 0.368 e. The monoisotopic (exact) mass is 482 g/mol. The number of halogens is 2. The summed E-state index contributed by atoms with van der Waals surface area (Å²) in [5.41, 5.74) is 4.78. The lowest BCUT2D eigenvalue weighted by Crippen LogP contribution is -2.52.